The van der Waals surface area contributed by atoms with Crippen molar-refractivity contribution >= 4 is 23.5 Å². The zero-order valence-corrected chi connectivity index (χ0v) is 11.2. The number of aryl methyl sites for hydroxylation is 2. The lowest BCUT2D eigenvalue weighted by Crippen LogP contribution is -2.30. The quantitative estimate of drug-likeness (QED) is 0.797. The summed E-state index contributed by atoms with van der Waals surface area (Å²) in [6, 6.07) is 1.91. The van der Waals surface area contributed by atoms with Crippen LogP contribution in [0.2, 0.25) is 0 Å². The molecule has 3 rings (SSSR count). The van der Waals surface area contributed by atoms with Gasteiger partial charge in [0.15, 0.2) is 5.78 Å². The first-order valence-corrected chi connectivity index (χ1v) is 5.93. The number of fused-ring (bicyclic) bond motifs is 1. The van der Waals surface area contributed by atoms with E-state index in [0.717, 1.165) is 11.4 Å². The molecule has 0 spiro atoms. The summed E-state index contributed by atoms with van der Waals surface area (Å²) in [5.41, 5.74) is 4.70. The molecule has 1 aliphatic heterocycles. The Bertz CT molecular complexity index is 750. The maximum absolute atomic E-state index is 11.6. The molecule has 1 aliphatic rings. The van der Waals surface area contributed by atoms with Crippen molar-refractivity contribution in [1.82, 2.24) is 24.7 Å². The Labute approximate surface area is 114 Å². The van der Waals surface area contributed by atoms with E-state index in [2.05, 4.69) is 30.7 Å². The number of hydrogen-bond acceptors (Lipinski definition) is 7. The summed E-state index contributed by atoms with van der Waals surface area (Å²) in [7, 11) is 0. The van der Waals surface area contributed by atoms with E-state index in [0.29, 0.717) is 5.96 Å². The third kappa shape index (κ3) is 1.98. The molecule has 0 aromatic carbocycles. The van der Waals surface area contributed by atoms with Crippen molar-refractivity contribution < 1.29 is 4.79 Å². The van der Waals surface area contributed by atoms with Crippen LogP contribution in [0.1, 0.15) is 18.3 Å². The fourth-order valence-corrected chi connectivity index (χ4v) is 1.83. The molecule has 0 saturated carbocycles. The molecule has 1 N–H and O–H groups in total. The second-order valence-corrected chi connectivity index (χ2v) is 4.38. The Balaban J connectivity index is 2.15. The van der Waals surface area contributed by atoms with Crippen LogP contribution in [0, 0.1) is 13.8 Å². The van der Waals surface area contributed by atoms with Crippen LogP contribution in [-0.4, -0.2) is 42.2 Å². The van der Waals surface area contributed by atoms with Crippen molar-refractivity contribution in [2.24, 2.45) is 9.98 Å². The van der Waals surface area contributed by atoms with Gasteiger partial charge in [-0.25, -0.2) is 9.36 Å². The fourth-order valence-electron chi connectivity index (χ4n) is 1.83. The Morgan fingerprint density at radius 1 is 1.30 bits per heavy atom. The van der Waals surface area contributed by atoms with Crippen LogP contribution in [0.25, 0.3) is 0 Å². The highest BCUT2D eigenvalue weighted by Crippen LogP contribution is 2.11. The molecular weight excluding hydrogens is 260 g/mol. The standard InChI is InChI=1S/C11H12N8O/c1-6-4-7(2)19(16-6)11-14-9(8(3)20)13-10-15-12-5-18(10)17-11/h4-5H,1-3H3,(H,13,14,15,17). The third-order valence-electron chi connectivity index (χ3n) is 2.69. The van der Waals surface area contributed by atoms with E-state index in [1.807, 2.05) is 19.9 Å². The molecule has 20 heavy (non-hydrogen) atoms. The first-order chi connectivity index (χ1) is 9.54. The molecule has 0 atom stereocenters. The molecule has 9 heteroatoms. The van der Waals surface area contributed by atoms with Crippen molar-refractivity contribution in [3.05, 3.63) is 23.8 Å². The monoisotopic (exact) mass is 272 g/mol. The first kappa shape index (κ1) is 12.2. The fraction of sp³-hybridized carbons (Fsp3) is 0.273. The van der Waals surface area contributed by atoms with Crippen LogP contribution in [0.4, 0.5) is 5.95 Å². The smallest absolute Gasteiger partial charge is 0.272 e. The lowest BCUT2D eigenvalue weighted by Gasteiger charge is -2.09. The van der Waals surface area contributed by atoms with Gasteiger partial charge in [-0.15, -0.1) is 10.2 Å². The Morgan fingerprint density at radius 3 is 2.75 bits per heavy atom. The number of rotatable bonds is 1. The maximum Gasteiger partial charge on any atom is 0.272 e. The number of ketones is 1. The number of Topliss-reactive ketones (excluding diaryl/α,β-unsaturated/α-hetero) is 1. The van der Waals surface area contributed by atoms with Gasteiger partial charge in [-0.3, -0.25) is 10.2 Å². The predicted molar refractivity (Wildman–Crippen MR) is 71.7 cm³/mol. The highest BCUT2D eigenvalue weighted by atomic mass is 16.1. The summed E-state index contributed by atoms with van der Waals surface area (Å²) in [6.45, 7) is 5.17. The molecule has 102 valence electrons. The maximum atomic E-state index is 11.6. The van der Waals surface area contributed by atoms with Gasteiger partial charge in [0.1, 0.15) is 6.33 Å². The third-order valence-corrected chi connectivity index (χ3v) is 2.69. The van der Waals surface area contributed by atoms with Gasteiger partial charge in [-0.2, -0.15) is 15.1 Å². The molecule has 0 amide bonds. The summed E-state index contributed by atoms with van der Waals surface area (Å²) in [5, 5.41) is 11.9. The zero-order valence-electron chi connectivity index (χ0n) is 11.2. The molecule has 2 aromatic heterocycles. The van der Waals surface area contributed by atoms with Gasteiger partial charge in [-0.1, -0.05) is 0 Å². The average molecular weight is 272 g/mol. The minimum atomic E-state index is -0.262. The Kier molecular flexibility index (Phi) is 2.67. The van der Waals surface area contributed by atoms with Gasteiger partial charge in [0.25, 0.3) is 5.95 Å². The molecule has 0 fully saturated rings. The molecule has 0 saturated heterocycles. The van der Waals surface area contributed by atoms with Crippen LogP contribution in [0.5, 0.6) is 0 Å². The molecule has 0 unspecified atom stereocenters. The number of amidine groups is 1. The number of hydrogen-bond donors (Lipinski definition) is 1. The molecule has 2 aromatic rings. The van der Waals surface area contributed by atoms with E-state index in [1.54, 1.807) is 4.68 Å². The van der Waals surface area contributed by atoms with Crippen LogP contribution >= 0.6 is 0 Å². The number of carbonyl (C=O) groups is 1. The van der Waals surface area contributed by atoms with Crippen LogP contribution < -0.4 is 5.43 Å². The normalized spacial score (nSPS) is 13.9. The molecular formula is C11H12N8O. The highest BCUT2D eigenvalue weighted by Gasteiger charge is 2.18. The lowest BCUT2D eigenvalue weighted by atomic mass is 10.4. The molecule has 3 heterocycles. The molecule has 9 nitrogen and oxygen atoms in total. The second kappa shape index (κ2) is 4.37. The summed E-state index contributed by atoms with van der Waals surface area (Å²) < 4.78 is 3.08. The minimum Gasteiger partial charge on any atom is -0.291 e. The zero-order chi connectivity index (χ0) is 14.3. The van der Waals surface area contributed by atoms with E-state index in [-0.39, 0.29) is 17.6 Å². The van der Waals surface area contributed by atoms with Gasteiger partial charge in [0.2, 0.25) is 11.8 Å². The van der Waals surface area contributed by atoms with Crippen LogP contribution in [-0.2, 0) is 4.79 Å². The van der Waals surface area contributed by atoms with Crippen molar-refractivity contribution in [3.8, 4) is 0 Å². The first-order valence-electron chi connectivity index (χ1n) is 5.93. The van der Waals surface area contributed by atoms with Crippen molar-refractivity contribution in [2.75, 3.05) is 5.43 Å². The summed E-state index contributed by atoms with van der Waals surface area (Å²) in [6.07, 6.45) is 1.45. The van der Waals surface area contributed by atoms with E-state index in [1.165, 1.54) is 17.9 Å². The lowest BCUT2D eigenvalue weighted by molar-refractivity contribution is -0.111. The minimum absolute atomic E-state index is 0.0480. The number of nitrogens with one attached hydrogen (secondary N) is 1. The van der Waals surface area contributed by atoms with Crippen LogP contribution in [0.3, 0.4) is 0 Å². The van der Waals surface area contributed by atoms with E-state index in [4.69, 9.17) is 0 Å². The van der Waals surface area contributed by atoms with E-state index in [9.17, 15) is 4.79 Å². The van der Waals surface area contributed by atoms with Crippen molar-refractivity contribution in [1.29, 1.82) is 0 Å². The topological polar surface area (TPSA) is 102 Å². The SMILES string of the molecule is CC(=O)C1=Nc2nncn2NC(n2nc(C)cc2C)=N1. The van der Waals surface area contributed by atoms with Gasteiger partial charge in [-0.05, 0) is 19.9 Å². The van der Waals surface area contributed by atoms with Gasteiger partial charge in [0, 0.05) is 12.6 Å². The van der Waals surface area contributed by atoms with Gasteiger partial charge in [0.05, 0.1) is 5.69 Å². The predicted octanol–water partition coefficient (Wildman–Crippen LogP) is 0.172. The van der Waals surface area contributed by atoms with Gasteiger partial charge >= 0.3 is 0 Å². The molecule has 0 bridgehead atoms. The molecule has 0 radical (unpaired) electrons. The number of nitrogens with zero attached hydrogens (tertiary/aromatic N) is 7. The summed E-state index contributed by atoms with van der Waals surface area (Å²) in [4.78, 5) is 19.9. The number of aliphatic imine (C=N–C) groups is 2. The summed E-state index contributed by atoms with van der Waals surface area (Å²) in [5.74, 6) is 0.410. The van der Waals surface area contributed by atoms with Crippen molar-refractivity contribution in [2.45, 2.75) is 20.8 Å². The van der Waals surface area contributed by atoms with Crippen molar-refractivity contribution in [3.63, 3.8) is 0 Å². The van der Waals surface area contributed by atoms with E-state index >= 15 is 0 Å². The Morgan fingerprint density at radius 2 is 2.10 bits per heavy atom. The highest BCUT2D eigenvalue weighted by molar-refractivity contribution is 6.40. The number of carbonyl (C=O) groups excluding carboxylic acids is 1. The second-order valence-electron chi connectivity index (χ2n) is 4.38. The Hall–Kier alpha value is -2.84. The van der Waals surface area contributed by atoms with E-state index < -0.39 is 0 Å². The molecule has 0 aliphatic carbocycles. The average Bonchev–Trinajstić information content (AvgIpc) is 2.89. The van der Waals surface area contributed by atoms with Gasteiger partial charge < -0.3 is 0 Å². The number of aromatic nitrogens is 5. The largest absolute Gasteiger partial charge is 0.291 e. The summed E-state index contributed by atoms with van der Waals surface area (Å²) >= 11 is 0. The van der Waals surface area contributed by atoms with Crippen LogP contribution in [0.15, 0.2) is 22.4 Å².